The zero-order valence-corrected chi connectivity index (χ0v) is 9.82. The van der Waals surface area contributed by atoms with E-state index in [4.69, 9.17) is 18.9 Å². The molecule has 0 unspecified atom stereocenters. The molecular formula is C12H14O5. The Morgan fingerprint density at radius 1 is 1.24 bits per heavy atom. The van der Waals surface area contributed by atoms with Gasteiger partial charge in [0.05, 0.1) is 27.4 Å². The highest BCUT2D eigenvalue weighted by Crippen LogP contribution is 2.37. The predicted octanol–water partition coefficient (Wildman–Crippen LogP) is 1.64. The quantitative estimate of drug-likeness (QED) is 0.733. The molecule has 5 heteroatoms. The van der Waals surface area contributed by atoms with Crippen molar-refractivity contribution in [3.8, 4) is 17.2 Å². The van der Waals surface area contributed by atoms with Crippen LogP contribution in [0.4, 0.5) is 0 Å². The van der Waals surface area contributed by atoms with Gasteiger partial charge in [-0.15, -0.1) is 0 Å². The van der Waals surface area contributed by atoms with Crippen molar-refractivity contribution in [1.29, 1.82) is 0 Å². The second-order valence-corrected chi connectivity index (χ2v) is 3.54. The minimum atomic E-state index is -0.467. The van der Waals surface area contributed by atoms with Crippen LogP contribution in [0.25, 0.3) is 0 Å². The van der Waals surface area contributed by atoms with E-state index in [2.05, 4.69) is 0 Å². The number of carbonyl (C=O) groups is 1. The molecular weight excluding hydrogens is 224 g/mol. The average Bonchev–Trinajstić information content (AvgIpc) is 2.61. The van der Waals surface area contributed by atoms with Crippen LogP contribution in [0.2, 0.25) is 0 Å². The van der Waals surface area contributed by atoms with E-state index in [0.29, 0.717) is 36.0 Å². The van der Waals surface area contributed by atoms with Crippen LogP contribution in [0.3, 0.4) is 0 Å². The van der Waals surface area contributed by atoms with Gasteiger partial charge in [0.2, 0.25) is 0 Å². The van der Waals surface area contributed by atoms with Crippen LogP contribution < -0.4 is 14.2 Å². The van der Waals surface area contributed by atoms with Gasteiger partial charge < -0.3 is 18.9 Å². The highest BCUT2D eigenvalue weighted by atomic mass is 16.5. The summed E-state index contributed by atoms with van der Waals surface area (Å²) in [5.74, 6) is 1.01. The zero-order chi connectivity index (χ0) is 12.3. The normalized spacial score (nSPS) is 13.8. The Bertz CT molecular complexity index is 427. The summed E-state index contributed by atoms with van der Waals surface area (Å²) in [5, 5.41) is 0. The molecule has 0 fully saturated rings. The van der Waals surface area contributed by atoms with Gasteiger partial charge in [0.15, 0.2) is 11.5 Å². The summed E-state index contributed by atoms with van der Waals surface area (Å²) in [6.07, 6.45) is 0.775. The summed E-state index contributed by atoms with van der Waals surface area (Å²) in [7, 11) is 2.85. The Balaban J connectivity index is 2.51. The number of carbonyl (C=O) groups excluding carboxylic acids is 1. The number of hydrogen-bond donors (Lipinski definition) is 0. The van der Waals surface area contributed by atoms with Gasteiger partial charge in [-0.25, -0.2) is 4.79 Å². The van der Waals surface area contributed by atoms with Crippen molar-refractivity contribution >= 4 is 5.97 Å². The molecule has 1 aromatic rings. The third-order valence-electron chi connectivity index (χ3n) is 2.46. The van der Waals surface area contributed by atoms with Crippen LogP contribution in [-0.2, 0) is 4.74 Å². The van der Waals surface area contributed by atoms with Gasteiger partial charge in [-0.05, 0) is 6.07 Å². The Kier molecular flexibility index (Phi) is 3.37. The van der Waals surface area contributed by atoms with E-state index in [1.165, 1.54) is 14.2 Å². The first-order valence-corrected chi connectivity index (χ1v) is 5.32. The van der Waals surface area contributed by atoms with Gasteiger partial charge in [0.25, 0.3) is 0 Å². The molecule has 92 valence electrons. The number of esters is 1. The van der Waals surface area contributed by atoms with E-state index in [0.717, 1.165) is 6.42 Å². The molecule has 0 atom stereocenters. The van der Waals surface area contributed by atoms with Crippen molar-refractivity contribution in [3.63, 3.8) is 0 Å². The fourth-order valence-corrected chi connectivity index (χ4v) is 1.63. The van der Waals surface area contributed by atoms with Gasteiger partial charge >= 0.3 is 5.97 Å². The molecule has 2 rings (SSSR count). The van der Waals surface area contributed by atoms with Crippen LogP contribution in [0, 0.1) is 0 Å². The van der Waals surface area contributed by atoms with Gasteiger partial charge in [0.1, 0.15) is 11.3 Å². The van der Waals surface area contributed by atoms with Crippen molar-refractivity contribution in [3.05, 3.63) is 17.7 Å². The van der Waals surface area contributed by atoms with E-state index < -0.39 is 5.97 Å². The molecule has 0 saturated carbocycles. The molecule has 17 heavy (non-hydrogen) atoms. The maximum Gasteiger partial charge on any atom is 0.341 e. The van der Waals surface area contributed by atoms with Gasteiger partial charge in [-0.2, -0.15) is 0 Å². The molecule has 0 amide bonds. The minimum absolute atomic E-state index is 0.323. The Labute approximate surface area is 99.2 Å². The van der Waals surface area contributed by atoms with E-state index in [1.54, 1.807) is 12.1 Å². The summed E-state index contributed by atoms with van der Waals surface area (Å²) >= 11 is 0. The molecule has 1 heterocycles. The van der Waals surface area contributed by atoms with Crippen molar-refractivity contribution in [1.82, 2.24) is 0 Å². The monoisotopic (exact) mass is 238 g/mol. The fourth-order valence-electron chi connectivity index (χ4n) is 1.63. The summed E-state index contributed by atoms with van der Waals surface area (Å²) in [6.45, 7) is 1.07. The van der Waals surface area contributed by atoms with Crippen molar-refractivity contribution < 1.29 is 23.7 Å². The van der Waals surface area contributed by atoms with Crippen LogP contribution in [0.5, 0.6) is 17.2 Å². The van der Waals surface area contributed by atoms with E-state index >= 15 is 0 Å². The summed E-state index contributed by atoms with van der Waals surface area (Å²) in [6, 6.07) is 3.28. The third kappa shape index (κ3) is 2.27. The van der Waals surface area contributed by atoms with Crippen molar-refractivity contribution in [2.45, 2.75) is 6.42 Å². The molecule has 1 aromatic carbocycles. The maximum atomic E-state index is 11.7. The third-order valence-corrected chi connectivity index (χ3v) is 2.46. The van der Waals surface area contributed by atoms with E-state index in [9.17, 15) is 4.79 Å². The van der Waals surface area contributed by atoms with Gasteiger partial charge in [-0.3, -0.25) is 0 Å². The molecule has 1 aliphatic heterocycles. The Morgan fingerprint density at radius 2 is 2.00 bits per heavy atom. The maximum absolute atomic E-state index is 11.7. The van der Waals surface area contributed by atoms with Gasteiger partial charge in [-0.1, -0.05) is 0 Å². The van der Waals surface area contributed by atoms with Gasteiger partial charge in [0, 0.05) is 12.5 Å². The number of hydrogen-bond acceptors (Lipinski definition) is 5. The minimum Gasteiger partial charge on any atom is -0.497 e. The Hall–Kier alpha value is -1.91. The molecule has 0 aromatic heterocycles. The number of methoxy groups -OCH3 is 2. The van der Waals surface area contributed by atoms with E-state index in [1.807, 2.05) is 0 Å². The topological polar surface area (TPSA) is 54.0 Å². The Morgan fingerprint density at radius 3 is 2.71 bits per heavy atom. The largest absolute Gasteiger partial charge is 0.497 e. The number of rotatable bonds is 2. The second-order valence-electron chi connectivity index (χ2n) is 3.54. The van der Waals surface area contributed by atoms with Crippen LogP contribution in [-0.4, -0.2) is 33.4 Å². The summed E-state index contributed by atoms with van der Waals surface area (Å²) < 4.78 is 20.9. The SMILES string of the molecule is COC(=O)c1cc(OC)cc2c1OCCCO2. The van der Waals surface area contributed by atoms with E-state index in [-0.39, 0.29) is 0 Å². The van der Waals surface area contributed by atoms with Crippen LogP contribution in [0.15, 0.2) is 12.1 Å². The average molecular weight is 238 g/mol. The molecule has 0 radical (unpaired) electrons. The highest BCUT2D eigenvalue weighted by Gasteiger charge is 2.22. The first kappa shape index (κ1) is 11.6. The van der Waals surface area contributed by atoms with Crippen molar-refractivity contribution in [2.75, 3.05) is 27.4 Å². The van der Waals surface area contributed by atoms with Crippen molar-refractivity contribution in [2.24, 2.45) is 0 Å². The molecule has 0 aliphatic carbocycles. The molecule has 1 aliphatic rings. The first-order valence-electron chi connectivity index (χ1n) is 5.32. The molecule has 0 bridgehead atoms. The highest BCUT2D eigenvalue weighted by molar-refractivity contribution is 5.94. The number of fused-ring (bicyclic) bond motifs is 1. The second kappa shape index (κ2) is 4.95. The molecule has 0 spiro atoms. The van der Waals surface area contributed by atoms with Crippen LogP contribution in [0.1, 0.15) is 16.8 Å². The summed E-state index contributed by atoms with van der Waals surface area (Å²) in [5.41, 5.74) is 0.323. The molecule has 0 N–H and O–H groups in total. The molecule has 0 saturated heterocycles. The lowest BCUT2D eigenvalue weighted by atomic mass is 10.1. The lowest BCUT2D eigenvalue weighted by Crippen LogP contribution is -2.06. The lowest BCUT2D eigenvalue weighted by Gasteiger charge is -2.12. The predicted molar refractivity (Wildman–Crippen MR) is 59.9 cm³/mol. The smallest absolute Gasteiger partial charge is 0.341 e. The molecule has 5 nitrogen and oxygen atoms in total. The zero-order valence-electron chi connectivity index (χ0n) is 9.82. The number of ether oxygens (including phenoxy) is 4. The summed E-state index contributed by atoms with van der Waals surface area (Å²) in [4.78, 5) is 11.7. The lowest BCUT2D eigenvalue weighted by molar-refractivity contribution is 0.0595. The number of benzene rings is 1. The van der Waals surface area contributed by atoms with Crippen LogP contribution >= 0.6 is 0 Å². The standard InChI is InChI=1S/C12H14O5/c1-14-8-6-9(12(13)15-2)11-10(7-8)16-4-3-5-17-11/h6-7H,3-5H2,1-2H3. The fraction of sp³-hybridized carbons (Fsp3) is 0.417. The first-order chi connectivity index (χ1) is 8.26.